The number of rotatable bonds is 5. The number of benzene rings is 6. The second-order valence-corrected chi connectivity index (χ2v) is 12.3. The van der Waals surface area contributed by atoms with Crippen molar-refractivity contribution in [3.05, 3.63) is 188 Å². The van der Waals surface area contributed by atoms with Gasteiger partial charge in [0.1, 0.15) is 5.82 Å². The highest BCUT2D eigenvalue weighted by Gasteiger charge is 2.25. The van der Waals surface area contributed by atoms with E-state index >= 15 is 0 Å². The number of pyridine rings is 2. The van der Waals surface area contributed by atoms with Crippen LogP contribution in [0.2, 0.25) is 0 Å². The first-order valence-electron chi connectivity index (χ1n) is 30.8. The molecule has 6 aromatic carbocycles. The van der Waals surface area contributed by atoms with Gasteiger partial charge in [0, 0.05) is 51.1 Å². The Balaban J connectivity index is 1.41. The van der Waals surface area contributed by atoms with Gasteiger partial charge in [-0.05, 0) is 54.4 Å². The molecule has 6 aromatic heterocycles. The molecule has 0 N–H and O–H groups in total. The SMILES string of the molecule is [2H]c1nc2c3c([2H])c([2H])c([2H])c([2H])c3n(-c3cccc(-c4nc(-c5c([2H])c([2H])c([2H])c([2H])c5[2H])nc(-n5c6c([2H])c([2H])c([2H])c([2H])c6c6c([2H])c([2H])c([2H])c([2H])c65)c4[2H])c3-n3c4c([2H])c([2H])c([2H])nc4c4c([2H])c([2H])c([2H])c([2H])c43)c2c([2H])c1[2H]. The van der Waals surface area contributed by atoms with E-state index in [1.807, 2.05) is 0 Å². The smallest absolute Gasteiger partial charge is 0.162 e. The van der Waals surface area contributed by atoms with E-state index in [0.29, 0.717) is 0 Å². The number of hydrogen-bond acceptors (Lipinski definition) is 4. The third-order valence-corrected chi connectivity index (χ3v) is 9.32. The number of hydrogen-bond donors (Lipinski definition) is 0. The highest BCUT2D eigenvalue weighted by Crippen LogP contribution is 2.42. The summed E-state index contributed by atoms with van der Waals surface area (Å²) in [6.07, 6.45) is -1.64. The Bertz CT molecular complexity index is 5080. The van der Waals surface area contributed by atoms with Gasteiger partial charge in [0.05, 0.1) is 99.6 Å². The van der Waals surface area contributed by atoms with Gasteiger partial charge in [-0.1, -0.05) is 115 Å². The molecule has 12 aromatic rings. The van der Waals surface area contributed by atoms with E-state index in [0.717, 1.165) is 13.7 Å². The second kappa shape index (κ2) is 12.3. The zero-order valence-electron chi connectivity index (χ0n) is 56.4. The van der Waals surface area contributed by atoms with Crippen LogP contribution in [0.4, 0.5) is 0 Å². The summed E-state index contributed by atoms with van der Waals surface area (Å²) in [7, 11) is 0. The van der Waals surface area contributed by atoms with Crippen molar-refractivity contribution in [2.75, 3.05) is 0 Å². The molecule has 0 aliphatic rings. The maximum Gasteiger partial charge on any atom is 0.162 e. The first kappa shape index (κ1) is 14.6. The van der Waals surface area contributed by atoms with Crippen LogP contribution >= 0.6 is 0 Å². The van der Waals surface area contributed by atoms with Crippen LogP contribution in [0, 0.1) is 0 Å². The number of fused-ring (bicyclic) bond motifs is 9. The van der Waals surface area contributed by atoms with Crippen LogP contribution in [0.5, 0.6) is 0 Å². The van der Waals surface area contributed by atoms with Crippen LogP contribution < -0.4 is 0 Å². The maximum absolute atomic E-state index is 10.4. The average molecular weight is 758 g/mol. The normalized spacial score (nSPS) is 18.7. The molecule has 266 valence electrons. The van der Waals surface area contributed by atoms with Crippen molar-refractivity contribution in [2.45, 2.75) is 0 Å². The van der Waals surface area contributed by atoms with Gasteiger partial charge in [-0.3, -0.25) is 14.5 Å². The number of aromatic nitrogens is 7. The first-order chi connectivity index (χ1) is 39.9. The number of nitrogens with zero attached hydrogens (tertiary/aromatic N) is 7. The third kappa shape index (κ3) is 4.66. The van der Waals surface area contributed by atoms with Crippen molar-refractivity contribution in [3.63, 3.8) is 0 Å². The molecule has 0 aliphatic heterocycles. The first-order valence-corrected chi connectivity index (χ1v) is 16.8. The minimum absolute atomic E-state index is 0.409. The molecule has 12 rings (SSSR count). The van der Waals surface area contributed by atoms with Gasteiger partial charge < -0.3 is 9.13 Å². The molecule has 0 radical (unpaired) electrons. The molecule has 0 saturated heterocycles. The quantitative estimate of drug-likeness (QED) is 0.175. The zero-order chi connectivity index (χ0) is 61.8. The topological polar surface area (TPSA) is 66.3 Å². The van der Waals surface area contributed by atoms with E-state index in [1.165, 1.54) is 18.2 Å². The molecule has 0 atom stereocenters. The van der Waals surface area contributed by atoms with E-state index in [9.17, 15) is 12.3 Å². The Morgan fingerprint density at radius 1 is 0.439 bits per heavy atom. The summed E-state index contributed by atoms with van der Waals surface area (Å²) in [6, 6.07) is -18.8. The Morgan fingerprint density at radius 2 is 0.947 bits per heavy atom. The Morgan fingerprint density at radius 3 is 1.58 bits per heavy atom. The van der Waals surface area contributed by atoms with Crippen molar-refractivity contribution in [2.24, 2.45) is 0 Å². The van der Waals surface area contributed by atoms with E-state index in [1.54, 1.807) is 0 Å². The van der Waals surface area contributed by atoms with Gasteiger partial charge in [0.2, 0.25) is 0 Å². The van der Waals surface area contributed by atoms with E-state index in [-0.39, 0.29) is 0 Å². The molecule has 0 amide bonds. The Labute approximate surface area is 365 Å². The van der Waals surface area contributed by atoms with Gasteiger partial charge in [-0.25, -0.2) is 9.97 Å². The van der Waals surface area contributed by atoms with Gasteiger partial charge in [-0.15, -0.1) is 0 Å². The lowest BCUT2D eigenvalue weighted by Crippen LogP contribution is -2.07. The standard InChI is InChI=1S/C50H31N7/c1-2-15-32(16-3-1)50-53-38(31-46(54-50)56-39-22-8-4-17-33(39)34-18-5-9-23-40(34)56)35-21-12-26-45(55-41-24-10-6-19-36(41)47-43(55)27-13-29-51-47)49(35)57-42-25-11-7-20-37(42)48-44(57)28-14-30-52-48/h1-31H/i1D,2D,3D,4D,5D,6D,7D,8D,9D,10D,11D,13D,14D,15D,16D,17D,18D,19D,20D,22D,23D,24D,25D,27D,28D,29D,30D,31D. The van der Waals surface area contributed by atoms with Crippen LogP contribution in [0.3, 0.4) is 0 Å². The molecular weight excluding hydrogens is 699 g/mol. The van der Waals surface area contributed by atoms with E-state index < -0.39 is 275 Å². The second-order valence-electron chi connectivity index (χ2n) is 12.3. The third-order valence-electron chi connectivity index (χ3n) is 9.32. The number of para-hydroxylation sites is 5. The lowest BCUT2D eigenvalue weighted by atomic mass is 10.1. The highest BCUT2D eigenvalue weighted by molar-refractivity contribution is 6.11. The van der Waals surface area contributed by atoms with E-state index in [4.69, 9.17) is 31.0 Å². The van der Waals surface area contributed by atoms with Crippen molar-refractivity contribution in [1.82, 2.24) is 33.6 Å². The van der Waals surface area contributed by atoms with Crippen molar-refractivity contribution >= 4 is 65.7 Å². The van der Waals surface area contributed by atoms with Crippen LogP contribution in [0.1, 0.15) is 38.4 Å². The lowest BCUT2D eigenvalue weighted by molar-refractivity contribution is 1.04. The van der Waals surface area contributed by atoms with Crippen LogP contribution in [0.15, 0.2) is 188 Å². The van der Waals surface area contributed by atoms with E-state index in [2.05, 4.69) is 15.0 Å². The fraction of sp³-hybridized carbons (Fsp3) is 0. The summed E-state index contributed by atoms with van der Waals surface area (Å²) in [5, 5.41) is -1.89. The van der Waals surface area contributed by atoms with Crippen molar-refractivity contribution in [1.29, 1.82) is 0 Å². The fourth-order valence-corrected chi connectivity index (χ4v) is 7.09. The molecule has 0 fully saturated rings. The zero-order valence-corrected chi connectivity index (χ0v) is 28.4. The molecule has 0 saturated carbocycles. The summed E-state index contributed by atoms with van der Waals surface area (Å²) in [4.78, 5) is 17.8. The molecule has 0 unspecified atom stereocenters. The van der Waals surface area contributed by atoms with Gasteiger partial charge in [-0.2, -0.15) is 0 Å². The fourth-order valence-electron chi connectivity index (χ4n) is 7.09. The molecular formula is C50H31N7. The van der Waals surface area contributed by atoms with Gasteiger partial charge >= 0.3 is 0 Å². The predicted molar refractivity (Wildman–Crippen MR) is 232 cm³/mol. The monoisotopic (exact) mass is 757 g/mol. The minimum Gasteiger partial charge on any atom is -0.305 e. The lowest BCUT2D eigenvalue weighted by Gasteiger charge is -2.21. The molecule has 0 spiro atoms. The summed E-state index contributed by atoms with van der Waals surface area (Å²) in [6.45, 7) is 0. The summed E-state index contributed by atoms with van der Waals surface area (Å²) >= 11 is 0. The molecule has 57 heavy (non-hydrogen) atoms. The predicted octanol–water partition coefficient (Wildman–Crippen LogP) is 11.9. The average Bonchev–Trinajstić information content (AvgIpc) is 1.62. The summed E-state index contributed by atoms with van der Waals surface area (Å²) in [5.74, 6) is -1.72. The Kier molecular flexibility index (Phi) is 3.16. The molecule has 6 heterocycles. The van der Waals surface area contributed by atoms with Crippen LogP contribution in [-0.2, 0) is 0 Å². The Hall–Kier alpha value is -7.90. The van der Waals surface area contributed by atoms with Crippen LogP contribution in [0.25, 0.3) is 106 Å². The largest absolute Gasteiger partial charge is 0.305 e. The van der Waals surface area contributed by atoms with Gasteiger partial charge in [0.25, 0.3) is 0 Å². The minimum atomic E-state index is -0.978. The molecule has 7 heteroatoms. The maximum atomic E-state index is 10.4. The highest BCUT2D eigenvalue weighted by atomic mass is 15.1. The van der Waals surface area contributed by atoms with Crippen LogP contribution in [-0.4, -0.2) is 33.6 Å². The van der Waals surface area contributed by atoms with Crippen molar-refractivity contribution in [3.8, 4) is 39.8 Å². The molecule has 7 nitrogen and oxygen atoms in total. The molecule has 0 aliphatic carbocycles. The summed E-state index contributed by atoms with van der Waals surface area (Å²) in [5.41, 5.74) is -7.29. The molecule has 0 bridgehead atoms. The van der Waals surface area contributed by atoms with Crippen molar-refractivity contribution < 1.29 is 38.4 Å². The summed E-state index contributed by atoms with van der Waals surface area (Å²) < 4.78 is 256. The van der Waals surface area contributed by atoms with Gasteiger partial charge in [0.15, 0.2) is 5.82 Å².